The molecule has 0 saturated heterocycles. The van der Waals surface area contributed by atoms with Crippen LogP contribution in [0.4, 0.5) is 0 Å². The first-order valence-corrected chi connectivity index (χ1v) is 3.71. The topological polar surface area (TPSA) is 42.3 Å². The van der Waals surface area contributed by atoms with Crippen LogP contribution >= 0.6 is 11.6 Å². The van der Waals surface area contributed by atoms with Gasteiger partial charge in [-0.15, -0.1) is 11.6 Å². The molecule has 0 fully saturated rings. The summed E-state index contributed by atoms with van der Waals surface area (Å²) in [6.07, 6.45) is 1.61. The Morgan fingerprint density at radius 2 is 2.45 bits per heavy atom. The maximum Gasteiger partial charge on any atom is 0.147 e. The van der Waals surface area contributed by atoms with E-state index in [1.807, 2.05) is 0 Å². The number of nitrogens with zero attached hydrogens (tertiary/aromatic N) is 2. The number of pyridine rings is 1. The summed E-state index contributed by atoms with van der Waals surface area (Å²) in [7, 11) is 0. The molecule has 1 aromatic rings. The van der Waals surface area contributed by atoms with Crippen molar-refractivity contribution in [2.45, 2.75) is 6.04 Å². The van der Waals surface area contributed by atoms with Crippen molar-refractivity contribution in [1.29, 1.82) is 0 Å². The van der Waals surface area contributed by atoms with Gasteiger partial charge in [0.25, 0.3) is 0 Å². The molecule has 0 aliphatic heterocycles. The molecule has 4 heteroatoms. The van der Waals surface area contributed by atoms with Crippen LogP contribution in [0, 0.1) is 4.91 Å². The number of hydrogen-bond acceptors (Lipinski definition) is 3. The van der Waals surface area contributed by atoms with Crippen LogP contribution < -0.4 is 0 Å². The lowest BCUT2D eigenvalue weighted by atomic mass is 10.2. The molecule has 0 saturated carbocycles. The Balaban J connectivity index is 2.82. The van der Waals surface area contributed by atoms with Crippen molar-refractivity contribution < 1.29 is 0 Å². The van der Waals surface area contributed by atoms with Crippen molar-refractivity contribution in [3.05, 3.63) is 35.0 Å². The molecule has 0 radical (unpaired) electrons. The standard InChI is InChI=1S/C7H7ClN2O/c8-5-7(10-11)6-3-1-2-4-9-6/h1-4,7H,5H2. The largest absolute Gasteiger partial charge is 0.259 e. The van der Waals surface area contributed by atoms with Gasteiger partial charge in [-0.1, -0.05) is 11.2 Å². The highest BCUT2D eigenvalue weighted by Crippen LogP contribution is 2.14. The third kappa shape index (κ3) is 1.98. The van der Waals surface area contributed by atoms with Gasteiger partial charge in [0.2, 0.25) is 0 Å². The van der Waals surface area contributed by atoms with E-state index < -0.39 is 6.04 Å². The van der Waals surface area contributed by atoms with E-state index in [-0.39, 0.29) is 5.88 Å². The summed E-state index contributed by atoms with van der Waals surface area (Å²) in [5.74, 6) is 0.181. The lowest BCUT2D eigenvalue weighted by Gasteiger charge is -2.01. The Labute approximate surface area is 69.4 Å². The summed E-state index contributed by atoms with van der Waals surface area (Å²) in [6, 6.07) is 4.79. The number of rotatable bonds is 3. The lowest BCUT2D eigenvalue weighted by Crippen LogP contribution is -1.97. The smallest absolute Gasteiger partial charge is 0.147 e. The van der Waals surface area contributed by atoms with Crippen molar-refractivity contribution in [2.75, 3.05) is 5.88 Å². The van der Waals surface area contributed by atoms with Crippen LogP contribution in [0.3, 0.4) is 0 Å². The summed E-state index contributed by atoms with van der Waals surface area (Å²) >= 11 is 5.47. The van der Waals surface area contributed by atoms with Crippen LogP contribution in [0.25, 0.3) is 0 Å². The zero-order valence-electron chi connectivity index (χ0n) is 5.77. The second kappa shape index (κ2) is 4.03. The number of nitroso groups, excluding NO2 is 1. The highest BCUT2D eigenvalue weighted by Gasteiger charge is 2.09. The van der Waals surface area contributed by atoms with Crippen molar-refractivity contribution >= 4 is 11.6 Å². The van der Waals surface area contributed by atoms with Gasteiger partial charge in [-0.25, -0.2) is 0 Å². The zero-order valence-corrected chi connectivity index (χ0v) is 6.53. The van der Waals surface area contributed by atoms with E-state index in [0.29, 0.717) is 5.69 Å². The van der Waals surface area contributed by atoms with Crippen LogP contribution in [0.5, 0.6) is 0 Å². The Morgan fingerprint density at radius 1 is 1.64 bits per heavy atom. The third-order valence-corrected chi connectivity index (χ3v) is 1.59. The van der Waals surface area contributed by atoms with E-state index in [4.69, 9.17) is 11.6 Å². The van der Waals surface area contributed by atoms with E-state index in [0.717, 1.165) is 0 Å². The molecule has 1 atom stereocenters. The maximum atomic E-state index is 10.2. The molecule has 1 rings (SSSR count). The van der Waals surface area contributed by atoms with Gasteiger partial charge in [-0.3, -0.25) is 4.98 Å². The Bertz CT molecular complexity index is 227. The lowest BCUT2D eigenvalue weighted by molar-refractivity contribution is 0.783. The second-order valence-electron chi connectivity index (χ2n) is 2.03. The maximum absolute atomic E-state index is 10.2. The molecule has 0 spiro atoms. The minimum absolute atomic E-state index is 0.181. The van der Waals surface area contributed by atoms with E-state index >= 15 is 0 Å². The van der Waals surface area contributed by atoms with Gasteiger partial charge < -0.3 is 0 Å². The quantitative estimate of drug-likeness (QED) is 0.515. The molecule has 0 aliphatic carbocycles. The van der Waals surface area contributed by atoms with Crippen molar-refractivity contribution in [3.8, 4) is 0 Å². The van der Waals surface area contributed by atoms with E-state index in [9.17, 15) is 4.91 Å². The molecule has 0 N–H and O–H groups in total. The fraction of sp³-hybridized carbons (Fsp3) is 0.286. The first kappa shape index (κ1) is 8.14. The van der Waals surface area contributed by atoms with Gasteiger partial charge >= 0.3 is 0 Å². The van der Waals surface area contributed by atoms with Crippen LogP contribution in [0.1, 0.15) is 11.7 Å². The van der Waals surface area contributed by atoms with Crippen LogP contribution in [-0.2, 0) is 0 Å². The summed E-state index contributed by atoms with van der Waals surface area (Å²) in [4.78, 5) is 14.1. The molecule has 1 heterocycles. The van der Waals surface area contributed by atoms with Gasteiger partial charge in [-0.2, -0.15) is 4.91 Å². The monoisotopic (exact) mass is 170 g/mol. The van der Waals surface area contributed by atoms with E-state index in [2.05, 4.69) is 10.2 Å². The predicted octanol–water partition coefficient (Wildman–Crippen LogP) is 2.13. The van der Waals surface area contributed by atoms with E-state index in [1.54, 1.807) is 24.4 Å². The average Bonchev–Trinajstić information content (AvgIpc) is 2.09. The average molecular weight is 171 g/mol. The number of halogens is 1. The molecule has 1 unspecified atom stereocenters. The first-order chi connectivity index (χ1) is 5.38. The summed E-state index contributed by atoms with van der Waals surface area (Å²) < 4.78 is 0. The number of alkyl halides is 1. The fourth-order valence-corrected chi connectivity index (χ4v) is 0.949. The molecule has 0 bridgehead atoms. The summed E-state index contributed by atoms with van der Waals surface area (Å²) in [6.45, 7) is 0. The molecule has 58 valence electrons. The highest BCUT2D eigenvalue weighted by molar-refractivity contribution is 6.18. The van der Waals surface area contributed by atoms with Gasteiger partial charge in [-0.05, 0) is 12.1 Å². The Hall–Kier alpha value is -0.960. The van der Waals surface area contributed by atoms with Crippen molar-refractivity contribution in [1.82, 2.24) is 4.98 Å². The molecule has 0 aliphatic rings. The Kier molecular flexibility index (Phi) is 2.98. The van der Waals surface area contributed by atoms with Crippen LogP contribution in [0.15, 0.2) is 29.6 Å². The van der Waals surface area contributed by atoms with Gasteiger partial charge in [0.1, 0.15) is 6.04 Å². The third-order valence-electron chi connectivity index (χ3n) is 1.30. The molecular formula is C7H7ClN2O. The molecule has 1 aromatic heterocycles. The van der Waals surface area contributed by atoms with Gasteiger partial charge in [0.15, 0.2) is 0 Å². The molecule has 3 nitrogen and oxygen atoms in total. The first-order valence-electron chi connectivity index (χ1n) is 3.18. The molecular weight excluding hydrogens is 164 g/mol. The van der Waals surface area contributed by atoms with Crippen molar-refractivity contribution in [2.24, 2.45) is 5.18 Å². The Morgan fingerprint density at radius 3 is 2.91 bits per heavy atom. The SMILES string of the molecule is O=NC(CCl)c1ccccn1. The van der Waals surface area contributed by atoms with Gasteiger partial charge in [0, 0.05) is 6.20 Å². The predicted molar refractivity (Wildman–Crippen MR) is 43.5 cm³/mol. The molecule has 0 amide bonds. The summed E-state index contributed by atoms with van der Waals surface area (Å²) in [5.41, 5.74) is 0.623. The van der Waals surface area contributed by atoms with Crippen molar-refractivity contribution in [3.63, 3.8) is 0 Å². The fourth-order valence-electron chi connectivity index (χ4n) is 0.734. The summed E-state index contributed by atoms with van der Waals surface area (Å²) in [5, 5.41) is 2.83. The second-order valence-corrected chi connectivity index (χ2v) is 2.34. The van der Waals surface area contributed by atoms with Crippen LogP contribution in [0.2, 0.25) is 0 Å². The van der Waals surface area contributed by atoms with Gasteiger partial charge in [0.05, 0.1) is 11.6 Å². The number of aromatic nitrogens is 1. The minimum Gasteiger partial charge on any atom is -0.259 e. The molecule has 11 heavy (non-hydrogen) atoms. The van der Waals surface area contributed by atoms with E-state index in [1.165, 1.54) is 0 Å². The number of hydrogen-bond donors (Lipinski definition) is 0. The highest BCUT2D eigenvalue weighted by atomic mass is 35.5. The molecule has 0 aromatic carbocycles. The normalized spacial score (nSPS) is 12.5. The minimum atomic E-state index is -0.516. The zero-order chi connectivity index (χ0) is 8.10. The van der Waals surface area contributed by atoms with Crippen LogP contribution in [-0.4, -0.2) is 10.9 Å².